The molecule has 1 aromatic rings. The summed E-state index contributed by atoms with van der Waals surface area (Å²) in [6.07, 6.45) is 2.54. The molecule has 1 aliphatic rings. The van der Waals surface area contributed by atoms with Gasteiger partial charge in [-0.15, -0.1) is 0 Å². The minimum Gasteiger partial charge on any atom is -0.393 e. The number of amides is 2. The fourth-order valence-electron chi connectivity index (χ4n) is 3.10. The van der Waals surface area contributed by atoms with E-state index in [0.717, 1.165) is 24.8 Å². The van der Waals surface area contributed by atoms with Crippen LogP contribution in [0, 0.1) is 11.7 Å². The molecule has 23 heavy (non-hydrogen) atoms. The number of aliphatic hydroxyl groups excluding tert-OH is 1. The van der Waals surface area contributed by atoms with Crippen LogP contribution in [0.15, 0.2) is 24.3 Å². The fourth-order valence-corrected chi connectivity index (χ4v) is 3.10. The van der Waals surface area contributed by atoms with Gasteiger partial charge in [0.15, 0.2) is 0 Å². The number of carbonyl (C=O) groups excluding carboxylic acids is 1. The van der Waals surface area contributed by atoms with Crippen molar-refractivity contribution in [3.05, 3.63) is 35.6 Å². The molecule has 1 aliphatic carbocycles. The van der Waals surface area contributed by atoms with Crippen LogP contribution in [0.3, 0.4) is 0 Å². The maximum absolute atomic E-state index is 13.0. The monoisotopic (exact) mass is 322 g/mol. The van der Waals surface area contributed by atoms with Crippen molar-refractivity contribution in [1.29, 1.82) is 0 Å². The first-order valence-corrected chi connectivity index (χ1v) is 8.22. The summed E-state index contributed by atoms with van der Waals surface area (Å²) in [7, 11) is 1.76. The highest BCUT2D eigenvalue weighted by atomic mass is 19.1. The van der Waals surface area contributed by atoms with E-state index in [9.17, 15) is 14.3 Å². The van der Waals surface area contributed by atoms with Crippen LogP contribution >= 0.6 is 0 Å². The van der Waals surface area contributed by atoms with Crippen LogP contribution in [0.2, 0.25) is 0 Å². The van der Waals surface area contributed by atoms with E-state index in [1.807, 2.05) is 13.8 Å². The Bertz CT molecular complexity index is 530. The molecule has 2 atom stereocenters. The summed E-state index contributed by atoms with van der Waals surface area (Å²) in [5, 5.41) is 12.8. The standard InChI is InChI=1S/C18H27FN2O2/c1-18(2,14-7-9-15(19)10-8-14)12-20-17(23)21(3)11-13-5-4-6-16(13)22/h7-10,13,16,22H,4-6,11-12H2,1-3H3,(H,20,23). The van der Waals surface area contributed by atoms with Crippen molar-refractivity contribution in [2.75, 3.05) is 20.1 Å². The van der Waals surface area contributed by atoms with Gasteiger partial charge in [-0.1, -0.05) is 32.4 Å². The third kappa shape index (κ3) is 4.67. The minimum absolute atomic E-state index is 0.140. The van der Waals surface area contributed by atoms with Gasteiger partial charge in [0.1, 0.15) is 5.82 Å². The summed E-state index contributed by atoms with van der Waals surface area (Å²) in [6, 6.07) is 6.23. The van der Waals surface area contributed by atoms with Crippen molar-refractivity contribution >= 4 is 6.03 Å². The van der Waals surface area contributed by atoms with E-state index >= 15 is 0 Å². The Balaban J connectivity index is 1.86. The molecule has 0 aliphatic heterocycles. The third-order valence-electron chi connectivity index (χ3n) is 4.78. The number of hydrogen-bond donors (Lipinski definition) is 2. The van der Waals surface area contributed by atoms with Crippen LogP contribution in [0.25, 0.3) is 0 Å². The Morgan fingerprint density at radius 1 is 1.35 bits per heavy atom. The van der Waals surface area contributed by atoms with E-state index in [-0.39, 0.29) is 29.3 Å². The largest absolute Gasteiger partial charge is 0.393 e. The van der Waals surface area contributed by atoms with E-state index < -0.39 is 0 Å². The number of hydrogen-bond acceptors (Lipinski definition) is 2. The fraction of sp³-hybridized carbons (Fsp3) is 0.611. The summed E-state index contributed by atoms with van der Waals surface area (Å²) in [4.78, 5) is 13.9. The molecule has 5 heteroatoms. The lowest BCUT2D eigenvalue weighted by Gasteiger charge is -2.28. The highest BCUT2D eigenvalue weighted by molar-refractivity contribution is 5.74. The van der Waals surface area contributed by atoms with E-state index in [1.165, 1.54) is 12.1 Å². The second kappa shape index (κ2) is 7.30. The SMILES string of the molecule is CN(CC1CCCC1O)C(=O)NCC(C)(C)c1ccc(F)cc1. The van der Waals surface area contributed by atoms with Gasteiger partial charge in [0.2, 0.25) is 0 Å². The first-order chi connectivity index (χ1) is 10.8. The lowest BCUT2D eigenvalue weighted by atomic mass is 9.84. The third-order valence-corrected chi connectivity index (χ3v) is 4.78. The van der Waals surface area contributed by atoms with Crippen LogP contribution in [0.4, 0.5) is 9.18 Å². The first kappa shape index (κ1) is 17.7. The maximum atomic E-state index is 13.0. The Labute approximate surface area is 137 Å². The van der Waals surface area contributed by atoms with Crippen LogP contribution < -0.4 is 5.32 Å². The highest BCUT2D eigenvalue weighted by Crippen LogP contribution is 2.26. The molecule has 2 amide bonds. The minimum atomic E-state index is -0.291. The van der Waals surface area contributed by atoms with Gasteiger partial charge in [-0.25, -0.2) is 9.18 Å². The number of benzene rings is 1. The van der Waals surface area contributed by atoms with Crippen LogP contribution in [-0.4, -0.2) is 42.3 Å². The summed E-state index contributed by atoms with van der Waals surface area (Å²) < 4.78 is 13.0. The van der Waals surface area contributed by atoms with E-state index in [1.54, 1.807) is 24.1 Å². The molecule has 0 bridgehead atoms. The van der Waals surface area contributed by atoms with Gasteiger partial charge in [-0.2, -0.15) is 0 Å². The van der Waals surface area contributed by atoms with Gasteiger partial charge in [0.05, 0.1) is 6.10 Å². The molecule has 0 saturated heterocycles. The molecule has 1 fully saturated rings. The lowest BCUT2D eigenvalue weighted by Crippen LogP contribution is -2.45. The topological polar surface area (TPSA) is 52.6 Å². The van der Waals surface area contributed by atoms with Gasteiger partial charge in [0, 0.05) is 31.5 Å². The van der Waals surface area contributed by atoms with E-state index in [2.05, 4.69) is 5.32 Å². The van der Waals surface area contributed by atoms with Gasteiger partial charge in [-0.3, -0.25) is 0 Å². The van der Waals surface area contributed by atoms with Gasteiger partial charge in [0.25, 0.3) is 0 Å². The van der Waals surface area contributed by atoms with Crippen LogP contribution in [0.1, 0.15) is 38.7 Å². The molecule has 1 saturated carbocycles. The van der Waals surface area contributed by atoms with E-state index in [0.29, 0.717) is 13.1 Å². The number of rotatable bonds is 5. The number of urea groups is 1. The Hall–Kier alpha value is -1.62. The second-order valence-corrected chi connectivity index (χ2v) is 7.19. The normalized spacial score (nSPS) is 21.3. The predicted molar refractivity (Wildman–Crippen MR) is 88.8 cm³/mol. The number of halogens is 1. The zero-order valence-electron chi connectivity index (χ0n) is 14.2. The molecule has 0 heterocycles. The smallest absolute Gasteiger partial charge is 0.317 e. The summed E-state index contributed by atoms with van der Waals surface area (Å²) in [6.45, 7) is 5.07. The van der Waals surface area contributed by atoms with E-state index in [4.69, 9.17) is 0 Å². The van der Waals surface area contributed by atoms with Gasteiger partial charge < -0.3 is 15.3 Å². The van der Waals surface area contributed by atoms with Crippen molar-refractivity contribution in [3.63, 3.8) is 0 Å². The average Bonchev–Trinajstić information content (AvgIpc) is 2.90. The van der Waals surface area contributed by atoms with Crippen LogP contribution in [0.5, 0.6) is 0 Å². The van der Waals surface area contributed by atoms with Crippen LogP contribution in [-0.2, 0) is 5.41 Å². The second-order valence-electron chi connectivity index (χ2n) is 7.19. The quantitative estimate of drug-likeness (QED) is 0.876. The molecule has 2 rings (SSSR count). The molecule has 0 radical (unpaired) electrons. The molecule has 2 N–H and O–H groups in total. The first-order valence-electron chi connectivity index (χ1n) is 8.22. The molecule has 2 unspecified atom stereocenters. The molecule has 0 aromatic heterocycles. The number of aliphatic hydroxyl groups is 1. The molecule has 4 nitrogen and oxygen atoms in total. The Morgan fingerprint density at radius 3 is 2.57 bits per heavy atom. The predicted octanol–water partition coefficient (Wildman–Crippen LogP) is 2.91. The average molecular weight is 322 g/mol. The van der Waals surface area contributed by atoms with Crippen molar-refractivity contribution in [1.82, 2.24) is 10.2 Å². The molecular formula is C18H27FN2O2. The Morgan fingerprint density at radius 2 is 2.00 bits per heavy atom. The zero-order valence-corrected chi connectivity index (χ0v) is 14.2. The summed E-state index contributed by atoms with van der Waals surface area (Å²) >= 11 is 0. The number of nitrogens with zero attached hydrogens (tertiary/aromatic N) is 1. The van der Waals surface area contributed by atoms with Crippen molar-refractivity contribution in [3.8, 4) is 0 Å². The Kier molecular flexibility index (Phi) is 5.63. The maximum Gasteiger partial charge on any atom is 0.317 e. The van der Waals surface area contributed by atoms with Gasteiger partial charge >= 0.3 is 6.03 Å². The molecular weight excluding hydrogens is 295 g/mol. The van der Waals surface area contributed by atoms with Crippen molar-refractivity contribution in [2.45, 2.75) is 44.6 Å². The van der Waals surface area contributed by atoms with Gasteiger partial charge in [-0.05, 0) is 30.5 Å². The molecule has 128 valence electrons. The zero-order chi connectivity index (χ0) is 17.0. The van der Waals surface area contributed by atoms with Crippen molar-refractivity contribution in [2.24, 2.45) is 5.92 Å². The highest BCUT2D eigenvalue weighted by Gasteiger charge is 2.28. The summed E-state index contributed by atoms with van der Waals surface area (Å²) in [5.74, 6) is -0.0840. The lowest BCUT2D eigenvalue weighted by molar-refractivity contribution is 0.113. The summed E-state index contributed by atoms with van der Waals surface area (Å²) in [5.41, 5.74) is 0.699. The molecule has 0 spiro atoms. The number of carbonyl (C=O) groups is 1. The van der Waals surface area contributed by atoms with Crippen molar-refractivity contribution < 1.29 is 14.3 Å². The number of nitrogens with one attached hydrogen (secondary N) is 1. The molecule has 1 aromatic carbocycles.